The third-order valence-electron chi connectivity index (χ3n) is 2.19. The van der Waals surface area contributed by atoms with Crippen molar-refractivity contribution >= 4 is 28.6 Å². The van der Waals surface area contributed by atoms with Crippen molar-refractivity contribution in [2.24, 2.45) is 0 Å². The Bertz CT molecular complexity index is 411. The van der Waals surface area contributed by atoms with E-state index in [9.17, 15) is 0 Å². The third kappa shape index (κ3) is 2.74. The molecule has 0 radical (unpaired) electrons. The largest absolute Gasteiger partial charge is 0.380 e. The highest BCUT2D eigenvalue weighted by Gasteiger charge is 1.99. The molecule has 0 aliphatic rings. The maximum atomic E-state index is 5.86. The molecule has 3 heteroatoms. The standard InChI is InChI=1S/C12H12ClNS/c13-8-10-4-1-2-6-12(10)14-9-11-5-3-7-15-11/h1-7,14H,8-9H2. The van der Waals surface area contributed by atoms with E-state index >= 15 is 0 Å². The van der Waals surface area contributed by atoms with Crippen molar-refractivity contribution in [3.8, 4) is 0 Å². The van der Waals surface area contributed by atoms with Crippen LogP contribution in [0.5, 0.6) is 0 Å². The lowest BCUT2D eigenvalue weighted by Gasteiger charge is -2.08. The number of alkyl halides is 1. The van der Waals surface area contributed by atoms with E-state index < -0.39 is 0 Å². The molecule has 0 amide bonds. The van der Waals surface area contributed by atoms with Gasteiger partial charge in [-0.25, -0.2) is 0 Å². The quantitative estimate of drug-likeness (QED) is 0.790. The topological polar surface area (TPSA) is 12.0 Å². The average molecular weight is 238 g/mol. The van der Waals surface area contributed by atoms with Crippen molar-refractivity contribution in [1.29, 1.82) is 0 Å². The SMILES string of the molecule is ClCc1ccccc1NCc1cccs1. The normalized spacial score (nSPS) is 10.2. The minimum absolute atomic E-state index is 0.549. The number of halogens is 1. The van der Waals surface area contributed by atoms with Gasteiger partial charge in [0.25, 0.3) is 0 Å². The first kappa shape index (κ1) is 10.5. The molecule has 1 heterocycles. The fourth-order valence-corrected chi connectivity index (χ4v) is 2.28. The van der Waals surface area contributed by atoms with E-state index in [1.54, 1.807) is 11.3 Å². The van der Waals surface area contributed by atoms with Crippen LogP contribution in [0.2, 0.25) is 0 Å². The van der Waals surface area contributed by atoms with Crippen molar-refractivity contribution in [3.05, 3.63) is 52.2 Å². The van der Waals surface area contributed by atoms with Gasteiger partial charge < -0.3 is 5.32 Å². The van der Waals surface area contributed by atoms with Crippen LogP contribution < -0.4 is 5.32 Å². The molecule has 78 valence electrons. The van der Waals surface area contributed by atoms with E-state index in [2.05, 4.69) is 28.9 Å². The number of nitrogens with one attached hydrogen (secondary N) is 1. The molecule has 1 aromatic heterocycles. The van der Waals surface area contributed by atoms with Crippen molar-refractivity contribution in [1.82, 2.24) is 0 Å². The summed E-state index contributed by atoms with van der Waals surface area (Å²) >= 11 is 7.62. The number of hydrogen-bond acceptors (Lipinski definition) is 2. The lowest BCUT2D eigenvalue weighted by atomic mass is 10.2. The summed E-state index contributed by atoms with van der Waals surface area (Å²) in [5, 5.41) is 5.48. The van der Waals surface area contributed by atoms with Gasteiger partial charge in [0.05, 0.1) is 0 Å². The summed E-state index contributed by atoms with van der Waals surface area (Å²) in [6.45, 7) is 0.867. The summed E-state index contributed by atoms with van der Waals surface area (Å²) in [4.78, 5) is 1.33. The molecule has 0 aliphatic carbocycles. The predicted octanol–water partition coefficient (Wildman–Crippen LogP) is 4.10. The Labute approximate surface area is 98.7 Å². The first-order valence-electron chi connectivity index (χ1n) is 4.80. The Hall–Kier alpha value is -0.990. The van der Waals surface area contributed by atoms with Gasteiger partial charge in [-0.2, -0.15) is 0 Å². The lowest BCUT2D eigenvalue weighted by molar-refractivity contribution is 1.17. The Morgan fingerprint density at radius 2 is 2.00 bits per heavy atom. The van der Waals surface area contributed by atoms with Crippen LogP contribution in [0.25, 0.3) is 0 Å². The van der Waals surface area contributed by atoms with Gasteiger partial charge in [0.2, 0.25) is 0 Å². The molecule has 0 aliphatic heterocycles. The van der Waals surface area contributed by atoms with E-state index in [4.69, 9.17) is 11.6 Å². The van der Waals surface area contributed by atoms with Crippen LogP contribution >= 0.6 is 22.9 Å². The van der Waals surface area contributed by atoms with Crippen molar-refractivity contribution in [2.45, 2.75) is 12.4 Å². The predicted molar refractivity (Wildman–Crippen MR) is 67.6 cm³/mol. The highest BCUT2D eigenvalue weighted by molar-refractivity contribution is 7.09. The number of hydrogen-bond donors (Lipinski definition) is 1. The first-order chi connectivity index (χ1) is 7.40. The highest BCUT2D eigenvalue weighted by Crippen LogP contribution is 2.19. The molecule has 1 N–H and O–H groups in total. The molecule has 0 bridgehead atoms. The van der Waals surface area contributed by atoms with Crippen molar-refractivity contribution < 1.29 is 0 Å². The number of thiophene rings is 1. The van der Waals surface area contributed by atoms with Gasteiger partial charge in [0.1, 0.15) is 0 Å². The smallest absolute Gasteiger partial charge is 0.0494 e. The van der Waals surface area contributed by atoms with Crippen LogP contribution in [0, 0.1) is 0 Å². The molecule has 0 unspecified atom stereocenters. The maximum absolute atomic E-state index is 5.86. The van der Waals surface area contributed by atoms with Crippen LogP contribution in [0.3, 0.4) is 0 Å². The fraction of sp³-hybridized carbons (Fsp3) is 0.167. The molecule has 15 heavy (non-hydrogen) atoms. The number of anilines is 1. The summed E-state index contributed by atoms with van der Waals surface area (Å²) in [5.41, 5.74) is 2.27. The summed E-state index contributed by atoms with van der Waals surface area (Å²) in [6.07, 6.45) is 0. The summed E-state index contributed by atoms with van der Waals surface area (Å²) < 4.78 is 0. The van der Waals surface area contributed by atoms with E-state index in [0.29, 0.717) is 5.88 Å². The van der Waals surface area contributed by atoms with Crippen LogP contribution in [0.1, 0.15) is 10.4 Å². The molecule has 1 nitrogen and oxygen atoms in total. The fourth-order valence-electron chi connectivity index (χ4n) is 1.40. The second kappa shape index (κ2) is 5.19. The molecule has 0 atom stereocenters. The van der Waals surface area contributed by atoms with Gasteiger partial charge in [-0.15, -0.1) is 22.9 Å². The van der Waals surface area contributed by atoms with Crippen LogP contribution in [-0.2, 0) is 12.4 Å². The Kier molecular flexibility index (Phi) is 3.64. The zero-order valence-electron chi connectivity index (χ0n) is 8.24. The lowest BCUT2D eigenvalue weighted by Crippen LogP contribution is -1.99. The molecule has 1 aromatic carbocycles. The number of para-hydroxylation sites is 1. The number of rotatable bonds is 4. The zero-order valence-corrected chi connectivity index (χ0v) is 9.81. The molecular weight excluding hydrogens is 226 g/mol. The minimum atomic E-state index is 0.549. The van der Waals surface area contributed by atoms with E-state index in [-0.39, 0.29) is 0 Å². The molecule has 0 fully saturated rings. The molecule has 2 aromatic rings. The second-order valence-electron chi connectivity index (χ2n) is 3.22. The van der Waals surface area contributed by atoms with E-state index in [1.807, 2.05) is 18.2 Å². The maximum Gasteiger partial charge on any atom is 0.0494 e. The summed E-state index contributed by atoms with van der Waals surface area (Å²) in [7, 11) is 0. The summed E-state index contributed by atoms with van der Waals surface area (Å²) in [5.74, 6) is 0.549. The van der Waals surface area contributed by atoms with Crippen LogP contribution in [0.4, 0.5) is 5.69 Å². The Balaban J connectivity index is 2.04. The van der Waals surface area contributed by atoms with E-state index in [0.717, 1.165) is 17.8 Å². The highest BCUT2D eigenvalue weighted by atomic mass is 35.5. The average Bonchev–Trinajstić information content (AvgIpc) is 2.79. The molecule has 2 rings (SSSR count). The van der Waals surface area contributed by atoms with Gasteiger partial charge in [-0.3, -0.25) is 0 Å². The van der Waals surface area contributed by atoms with Gasteiger partial charge >= 0.3 is 0 Å². The van der Waals surface area contributed by atoms with Crippen molar-refractivity contribution in [2.75, 3.05) is 5.32 Å². The van der Waals surface area contributed by atoms with Crippen molar-refractivity contribution in [3.63, 3.8) is 0 Å². The first-order valence-corrected chi connectivity index (χ1v) is 6.21. The van der Waals surface area contributed by atoms with Gasteiger partial charge in [0, 0.05) is 23.0 Å². The van der Waals surface area contributed by atoms with E-state index in [1.165, 1.54) is 4.88 Å². The van der Waals surface area contributed by atoms with Gasteiger partial charge in [-0.1, -0.05) is 24.3 Å². The summed E-state index contributed by atoms with van der Waals surface area (Å²) in [6, 6.07) is 12.3. The van der Waals surface area contributed by atoms with Crippen LogP contribution in [0.15, 0.2) is 41.8 Å². The van der Waals surface area contributed by atoms with Gasteiger partial charge in [-0.05, 0) is 23.1 Å². The van der Waals surface area contributed by atoms with Gasteiger partial charge in [0.15, 0.2) is 0 Å². The third-order valence-corrected chi connectivity index (χ3v) is 3.36. The number of benzene rings is 1. The minimum Gasteiger partial charge on any atom is -0.380 e. The Morgan fingerprint density at radius 1 is 1.13 bits per heavy atom. The molecule has 0 spiro atoms. The second-order valence-corrected chi connectivity index (χ2v) is 4.52. The zero-order chi connectivity index (χ0) is 10.5. The monoisotopic (exact) mass is 237 g/mol. The molecular formula is C12H12ClNS. The Morgan fingerprint density at radius 3 is 2.73 bits per heavy atom. The van der Waals surface area contributed by atoms with Crippen LogP contribution in [-0.4, -0.2) is 0 Å². The molecule has 0 saturated carbocycles. The molecule has 0 saturated heterocycles.